The largest absolute Gasteiger partial charge is 0.344 e. The lowest BCUT2D eigenvalue weighted by molar-refractivity contribution is 0.687. The Hall–Kier alpha value is -3.74. The van der Waals surface area contributed by atoms with Crippen LogP contribution in [0, 0.1) is 13.8 Å². The van der Waals surface area contributed by atoms with Gasteiger partial charge in [0.1, 0.15) is 5.52 Å². The molecule has 2 N–H and O–H groups in total. The average molecular weight is 369 g/mol. The molecule has 0 radical (unpaired) electrons. The highest BCUT2D eigenvalue weighted by molar-refractivity contribution is 5.91. The lowest BCUT2D eigenvalue weighted by Gasteiger charge is -2.02. The number of H-pyrrole nitrogens is 2. The predicted octanol–water partition coefficient (Wildman–Crippen LogP) is 3.88. The van der Waals surface area contributed by atoms with Gasteiger partial charge in [0.2, 0.25) is 0 Å². The molecule has 5 aromatic rings. The van der Waals surface area contributed by atoms with Crippen LogP contribution in [0.15, 0.2) is 55.2 Å². The molecule has 7 nitrogen and oxygen atoms in total. The molecule has 0 spiro atoms. The van der Waals surface area contributed by atoms with E-state index in [0.29, 0.717) is 0 Å². The van der Waals surface area contributed by atoms with Crippen molar-refractivity contribution in [2.45, 2.75) is 20.4 Å². The average Bonchev–Trinajstić information content (AvgIpc) is 3.42. The van der Waals surface area contributed by atoms with Crippen LogP contribution in [0.2, 0.25) is 0 Å². The van der Waals surface area contributed by atoms with E-state index in [1.165, 1.54) is 11.1 Å². The first-order valence-corrected chi connectivity index (χ1v) is 9.10. The van der Waals surface area contributed by atoms with Crippen molar-refractivity contribution in [3.8, 4) is 22.4 Å². The number of benzene rings is 1. The Bertz CT molecular complexity index is 1260. The van der Waals surface area contributed by atoms with E-state index < -0.39 is 0 Å². The van der Waals surface area contributed by atoms with E-state index >= 15 is 0 Å². The minimum Gasteiger partial charge on any atom is -0.344 e. The van der Waals surface area contributed by atoms with Crippen LogP contribution in [-0.4, -0.2) is 34.9 Å². The highest BCUT2D eigenvalue weighted by atomic mass is 15.3. The van der Waals surface area contributed by atoms with Gasteiger partial charge in [-0.3, -0.25) is 9.78 Å². The maximum atomic E-state index is 4.83. The molecule has 0 atom stereocenters. The van der Waals surface area contributed by atoms with Crippen molar-refractivity contribution in [3.63, 3.8) is 0 Å². The number of hydrogen-bond acceptors (Lipinski definition) is 4. The van der Waals surface area contributed by atoms with E-state index in [1.807, 2.05) is 30.2 Å². The molecule has 0 amide bonds. The van der Waals surface area contributed by atoms with Crippen molar-refractivity contribution >= 4 is 11.2 Å². The summed E-state index contributed by atoms with van der Waals surface area (Å²) in [5, 5.41) is 11.6. The molecule has 0 aliphatic heterocycles. The Labute approximate surface area is 161 Å². The monoisotopic (exact) mass is 369 g/mol. The maximum Gasteiger partial charge on any atom is 0.156 e. The van der Waals surface area contributed by atoms with E-state index in [-0.39, 0.29) is 0 Å². The van der Waals surface area contributed by atoms with Crippen LogP contribution < -0.4 is 0 Å². The summed E-state index contributed by atoms with van der Waals surface area (Å²) >= 11 is 0. The third kappa shape index (κ3) is 2.87. The highest BCUT2D eigenvalue weighted by Gasteiger charge is 2.14. The molecule has 7 heteroatoms. The SMILES string of the molecule is Cc1ccc(Cn2cc(-c3c[nH]c4ncc(-c5cn[nH]c5C)nc34)cn2)cc1. The molecule has 4 heterocycles. The molecule has 28 heavy (non-hydrogen) atoms. The van der Waals surface area contributed by atoms with Crippen LogP contribution in [0.4, 0.5) is 0 Å². The summed E-state index contributed by atoms with van der Waals surface area (Å²) in [5.74, 6) is 0. The molecule has 5 rings (SSSR count). The second-order valence-electron chi connectivity index (χ2n) is 6.98. The third-order valence-corrected chi connectivity index (χ3v) is 4.90. The number of fused-ring (bicyclic) bond motifs is 1. The Morgan fingerprint density at radius 2 is 1.86 bits per heavy atom. The summed E-state index contributed by atoms with van der Waals surface area (Å²) in [4.78, 5) is 12.6. The zero-order chi connectivity index (χ0) is 19.1. The first-order valence-electron chi connectivity index (χ1n) is 9.10. The van der Waals surface area contributed by atoms with E-state index in [9.17, 15) is 0 Å². The number of nitrogens with one attached hydrogen (secondary N) is 2. The Kier molecular flexibility index (Phi) is 3.79. The molecule has 0 saturated carbocycles. The molecule has 0 unspecified atom stereocenters. The Morgan fingerprint density at radius 3 is 2.64 bits per heavy atom. The molecular formula is C21H19N7. The smallest absolute Gasteiger partial charge is 0.156 e. The quantitative estimate of drug-likeness (QED) is 0.503. The van der Waals surface area contributed by atoms with Gasteiger partial charge in [-0.25, -0.2) is 9.97 Å². The number of aromatic nitrogens is 7. The van der Waals surface area contributed by atoms with Crippen molar-refractivity contribution in [2.75, 3.05) is 0 Å². The van der Waals surface area contributed by atoms with Crippen LogP contribution in [0.5, 0.6) is 0 Å². The Balaban J connectivity index is 1.50. The topological polar surface area (TPSA) is 88.1 Å². The van der Waals surface area contributed by atoms with Crippen LogP contribution in [0.1, 0.15) is 16.8 Å². The van der Waals surface area contributed by atoms with Crippen molar-refractivity contribution in [2.24, 2.45) is 0 Å². The number of nitrogens with zero attached hydrogens (tertiary/aromatic N) is 5. The minimum absolute atomic E-state index is 0.730. The lowest BCUT2D eigenvalue weighted by Crippen LogP contribution is -1.99. The third-order valence-electron chi connectivity index (χ3n) is 4.90. The van der Waals surface area contributed by atoms with E-state index in [0.717, 1.165) is 45.8 Å². The van der Waals surface area contributed by atoms with Crippen molar-refractivity contribution in [1.82, 2.24) is 34.9 Å². The summed E-state index contributed by atoms with van der Waals surface area (Å²) in [6.45, 7) is 4.79. The summed E-state index contributed by atoms with van der Waals surface area (Å²) < 4.78 is 1.94. The van der Waals surface area contributed by atoms with Gasteiger partial charge in [0.15, 0.2) is 5.65 Å². The molecule has 0 fully saturated rings. The highest BCUT2D eigenvalue weighted by Crippen LogP contribution is 2.28. The first-order chi connectivity index (χ1) is 13.7. The van der Waals surface area contributed by atoms with Crippen molar-refractivity contribution in [1.29, 1.82) is 0 Å². The van der Waals surface area contributed by atoms with Crippen LogP contribution in [0.3, 0.4) is 0 Å². The standard InChI is InChI=1S/C21H19N7/c1-13-3-5-15(6-4-13)11-28-12-16(7-25-28)18-8-22-21-20(18)26-19(10-23-21)17-9-24-27-14(17)2/h3-10,12H,11H2,1-2H3,(H,22,23)(H,24,27). The molecule has 0 bridgehead atoms. The minimum atomic E-state index is 0.730. The fourth-order valence-corrected chi connectivity index (χ4v) is 3.32. The van der Waals surface area contributed by atoms with Crippen molar-refractivity contribution in [3.05, 3.63) is 72.1 Å². The number of aryl methyl sites for hydroxylation is 2. The molecule has 4 aromatic heterocycles. The summed E-state index contributed by atoms with van der Waals surface area (Å²) in [6.07, 6.45) is 9.39. The van der Waals surface area contributed by atoms with Crippen LogP contribution >= 0.6 is 0 Å². The van der Waals surface area contributed by atoms with E-state index in [2.05, 4.69) is 56.5 Å². The van der Waals surface area contributed by atoms with Gasteiger partial charge in [-0.15, -0.1) is 0 Å². The van der Waals surface area contributed by atoms with Gasteiger partial charge in [0.25, 0.3) is 0 Å². The first kappa shape index (κ1) is 16.4. The number of rotatable bonds is 4. The second-order valence-corrected chi connectivity index (χ2v) is 6.98. The van der Waals surface area contributed by atoms with E-state index in [4.69, 9.17) is 4.98 Å². The summed E-state index contributed by atoms with van der Waals surface area (Å²) in [6, 6.07) is 8.50. The van der Waals surface area contributed by atoms with Crippen LogP contribution in [-0.2, 0) is 6.54 Å². The summed E-state index contributed by atoms with van der Waals surface area (Å²) in [7, 11) is 0. The fraction of sp³-hybridized carbons (Fsp3) is 0.143. The van der Waals surface area contributed by atoms with Gasteiger partial charge in [-0.2, -0.15) is 10.2 Å². The van der Waals surface area contributed by atoms with E-state index in [1.54, 1.807) is 12.4 Å². The molecule has 138 valence electrons. The normalized spacial score (nSPS) is 11.4. The number of aromatic amines is 2. The zero-order valence-electron chi connectivity index (χ0n) is 15.6. The van der Waals surface area contributed by atoms with Crippen LogP contribution in [0.25, 0.3) is 33.5 Å². The van der Waals surface area contributed by atoms with Gasteiger partial charge in [0, 0.05) is 34.8 Å². The van der Waals surface area contributed by atoms with Gasteiger partial charge in [-0.05, 0) is 19.4 Å². The van der Waals surface area contributed by atoms with Gasteiger partial charge >= 0.3 is 0 Å². The predicted molar refractivity (Wildman–Crippen MR) is 108 cm³/mol. The van der Waals surface area contributed by atoms with Gasteiger partial charge in [-0.1, -0.05) is 29.8 Å². The fourth-order valence-electron chi connectivity index (χ4n) is 3.32. The lowest BCUT2D eigenvalue weighted by atomic mass is 10.1. The van der Waals surface area contributed by atoms with Gasteiger partial charge < -0.3 is 4.98 Å². The van der Waals surface area contributed by atoms with Gasteiger partial charge in [0.05, 0.1) is 30.8 Å². The second kappa shape index (κ2) is 6.45. The number of hydrogen-bond donors (Lipinski definition) is 2. The maximum absolute atomic E-state index is 4.83. The molecule has 1 aromatic carbocycles. The Morgan fingerprint density at radius 1 is 1.00 bits per heavy atom. The molecule has 0 aliphatic carbocycles. The molecule has 0 saturated heterocycles. The summed E-state index contributed by atoms with van der Waals surface area (Å²) in [5.41, 5.74) is 8.77. The molecule has 0 aliphatic rings. The zero-order valence-corrected chi connectivity index (χ0v) is 15.6. The van der Waals surface area contributed by atoms with Crippen molar-refractivity contribution < 1.29 is 0 Å². The molecular weight excluding hydrogens is 350 g/mol.